The second-order valence-electron chi connectivity index (χ2n) is 4.85. The number of anilines is 1. The van der Waals surface area contributed by atoms with Crippen LogP contribution in [0.25, 0.3) is 0 Å². The summed E-state index contributed by atoms with van der Waals surface area (Å²) in [6.45, 7) is 5.85. The van der Waals surface area contributed by atoms with Gasteiger partial charge in [0, 0.05) is 15.6 Å². The van der Waals surface area contributed by atoms with Crippen molar-refractivity contribution in [3.05, 3.63) is 44.9 Å². The summed E-state index contributed by atoms with van der Waals surface area (Å²) >= 11 is 7.53. The Morgan fingerprint density at radius 3 is 2.48 bits per heavy atom. The number of nitrogens with zero attached hydrogens (tertiary/aromatic N) is 2. The van der Waals surface area contributed by atoms with Crippen LogP contribution in [0.15, 0.2) is 24.3 Å². The van der Waals surface area contributed by atoms with Crippen molar-refractivity contribution in [3.8, 4) is 0 Å². The van der Waals surface area contributed by atoms with Gasteiger partial charge in [-0.25, -0.2) is 4.98 Å². The molecule has 6 heteroatoms. The summed E-state index contributed by atoms with van der Waals surface area (Å²) < 4.78 is 0. The number of benzene rings is 1. The molecule has 0 amide bonds. The van der Waals surface area contributed by atoms with E-state index < -0.39 is 5.97 Å². The molecule has 0 aliphatic carbocycles. The Hall–Kier alpha value is -1.59. The third kappa shape index (κ3) is 3.74. The van der Waals surface area contributed by atoms with Crippen LogP contribution < -0.4 is 4.90 Å². The third-order valence-corrected chi connectivity index (χ3v) is 4.42. The molecule has 0 bridgehead atoms. The number of aryl methyl sites for hydroxylation is 2. The van der Waals surface area contributed by atoms with Crippen LogP contribution in [0.5, 0.6) is 0 Å². The highest BCUT2D eigenvalue weighted by atomic mass is 35.5. The minimum Gasteiger partial charge on any atom is -0.480 e. The number of hydrogen-bond donors (Lipinski definition) is 1. The van der Waals surface area contributed by atoms with E-state index >= 15 is 0 Å². The highest BCUT2D eigenvalue weighted by Gasteiger charge is 2.23. The van der Waals surface area contributed by atoms with E-state index in [0.29, 0.717) is 5.02 Å². The summed E-state index contributed by atoms with van der Waals surface area (Å²) in [5, 5.41) is 10.8. The van der Waals surface area contributed by atoms with E-state index in [1.807, 2.05) is 37.8 Å². The smallest absolute Gasteiger partial charge is 0.323 e. The van der Waals surface area contributed by atoms with Crippen LogP contribution in [0, 0.1) is 13.8 Å². The van der Waals surface area contributed by atoms with Crippen molar-refractivity contribution >= 4 is 34.6 Å². The molecule has 4 nitrogen and oxygen atoms in total. The van der Waals surface area contributed by atoms with Crippen molar-refractivity contribution in [2.45, 2.75) is 26.8 Å². The van der Waals surface area contributed by atoms with E-state index in [1.54, 1.807) is 23.5 Å². The molecule has 1 N–H and O–H groups in total. The van der Waals surface area contributed by atoms with Gasteiger partial charge in [0.2, 0.25) is 0 Å². The SMILES string of the molecule is Cc1nc(C(C)N(CC(=O)O)c2ccc(Cl)cc2)c(C)s1. The molecule has 1 atom stereocenters. The first-order valence-corrected chi connectivity index (χ1v) is 7.76. The Morgan fingerprint density at radius 1 is 1.38 bits per heavy atom. The Labute approximate surface area is 133 Å². The predicted molar refractivity (Wildman–Crippen MR) is 86.4 cm³/mol. The predicted octanol–water partition coefficient (Wildman–Crippen LogP) is 4.07. The van der Waals surface area contributed by atoms with Gasteiger partial charge < -0.3 is 10.0 Å². The summed E-state index contributed by atoms with van der Waals surface area (Å²) in [6.07, 6.45) is 0. The molecule has 2 aromatic rings. The molecule has 0 saturated carbocycles. The average molecular weight is 325 g/mol. The number of aromatic nitrogens is 1. The lowest BCUT2D eigenvalue weighted by atomic mass is 10.1. The standard InChI is InChI=1S/C15H17ClN2O2S/c1-9(15-10(2)21-11(3)17-15)18(8-14(19)20)13-6-4-12(16)5-7-13/h4-7,9H,8H2,1-3H3,(H,19,20). The molecule has 1 unspecified atom stereocenters. The zero-order valence-corrected chi connectivity index (χ0v) is 13.7. The summed E-state index contributed by atoms with van der Waals surface area (Å²) in [7, 11) is 0. The van der Waals surface area contributed by atoms with Crippen molar-refractivity contribution in [1.29, 1.82) is 0 Å². The van der Waals surface area contributed by atoms with E-state index in [-0.39, 0.29) is 12.6 Å². The van der Waals surface area contributed by atoms with Gasteiger partial charge >= 0.3 is 5.97 Å². The number of rotatable bonds is 5. The quantitative estimate of drug-likeness (QED) is 0.901. The van der Waals surface area contributed by atoms with Gasteiger partial charge in [-0.05, 0) is 45.0 Å². The van der Waals surface area contributed by atoms with Crippen LogP contribution in [-0.2, 0) is 4.79 Å². The van der Waals surface area contributed by atoms with E-state index in [9.17, 15) is 9.90 Å². The van der Waals surface area contributed by atoms with E-state index in [4.69, 9.17) is 11.6 Å². The van der Waals surface area contributed by atoms with Crippen molar-refractivity contribution < 1.29 is 9.90 Å². The Morgan fingerprint density at radius 2 is 2.00 bits per heavy atom. The van der Waals surface area contributed by atoms with Crippen LogP contribution >= 0.6 is 22.9 Å². The highest BCUT2D eigenvalue weighted by molar-refractivity contribution is 7.11. The minimum atomic E-state index is -0.874. The minimum absolute atomic E-state index is 0.0845. The molecule has 0 saturated heterocycles. The van der Waals surface area contributed by atoms with Crippen molar-refractivity contribution in [3.63, 3.8) is 0 Å². The first-order valence-electron chi connectivity index (χ1n) is 6.56. The van der Waals surface area contributed by atoms with Gasteiger partial charge in [0.1, 0.15) is 6.54 Å². The lowest BCUT2D eigenvalue weighted by Gasteiger charge is -2.29. The Kier molecular flexibility index (Phi) is 4.85. The van der Waals surface area contributed by atoms with Gasteiger partial charge in [-0.1, -0.05) is 11.6 Å². The van der Waals surface area contributed by atoms with E-state index in [0.717, 1.165) is 21.3 Å². The number of aliphatic carboxylic acids is 1. The molecule has 21 heavy (non-hydrogen) atoms. The summed E-state index contributed by atoms with van der Waals surface area (Å²) in [5.74, 6) is -0.874. The fourth-order valence-corrected chi connectivity index (χ4v) is 3.34. The zero-order valence-electron chi connectivity index (χ0n) is 12.1. The molecule has 0 radical (unpaired) electrons. The highest BCUT2D eigenvalue weighted by Crippen LogP contribution is 2.31. The molecule has 2 rings (SSSR count). The van der Waals surface area contributed by atoms with Gasteiger partial charge in [-0.15, -0.1) is 11.3 Å². The average Bonchev–Trinajstić information content (AvgIpc) is 2.75. The largest absolute Gasteiger partial charge is 0.480 e. The lowest BCUT2D eigenvalue weighted by molar-refractivity contribution is -0.135. The van der Waals surface area contributed by atoms with Crippen LogP contribution in [0.1, 0.15) is 28.5 Å². The first kappa shape index (κ1) is 15.8. The molecule has 0 spiro atoms. The molecular formula is C15H17ClN2O2S. The first-order chi connectivity index (χ1) is 9.88. The van der Waals surface area contributed by atoms with Gasteiger partial charge in [0.05, 0.1) is 16.7 Å². The van der Waals surface area contributed by atoms with Crippen LogP contribution in [0.4, 0.5) is 5.69 Å². The molecule has 0 aliphatic heterocycles. The number of carboxylic acids is 1. The molecule has 112 valence electrons. The monoisotopic (exact) mass is 324 g/mol. The second-order valence-corrected chi connectivity index (χ2v) is 6.69. The number of thiazole rings is 1. The van der Waals surface area contributed by atoms with Crippen LogP contribution in [0.3, 0.4) is 0 Å². The maximum Gasteiger partial charge on any atom is 0.323 e. The maximum absolute atomic E-state index is 11.2. The summed E-state index contributed by atoms with van der Waals surface area (Å²) in [4.78, 5) is 18.7. The van der Waals surface area contributed by atoms with Crippen LogP contribution in [-0.4, -0.2) is 22.6 Å². The normalized spacial score (nSPS) is 12.2. The number of halogens is 1. The van der Waals surface area contributed by atoms with Crippen molar-refractivity contribution in [2.24, 2.45) is 0 Å². The maximum atomic E-state index is 11.2. The summed E-state index contributed by atoms with van der Waals surface area (Å²) in [6, 6.07) is 7.06. The van der Waals surface area contributed by atoms with Gasteiger partial charge in [-0.3, -0.25) is 4.79 Å². The molecule has 1 heterocycles. The summed E-state index contributed by atoms with van der Waals surface area (Å²) in [5.41, 5.74) is 1.74. The van der Waals surface area contributed by atoms with E-state index in [2.05, 4.69) is 4.98 Å². The van der Waals surface area contributed by atoms with Crippen LogP contribution in [0.2, 0.25) is 5.02 Å². The molecule has 1 aromatic heterocycles. The van der Waals surface area contributed by atoms with Gasteiger partial charge in [0.25, 0.3) is 0 Å². The Balaban J connectivity index is 2.37. The molecule has 1 aromatic carbocycles. The second kappa shape index (κ2) is 6.45. The van der Waals surface area contributed by atoms with Gasteiger partial charge in [0.15, 0.2) is 0 Å². The van der Waals surface area contributed by atoms with Crippen molar-refractivity contribution in [2.75, 3.05) is 11.4 Å². The number of carboxylic acid groups (broad SMARTS) is 1. The fourth-order valence-electron chi connectivity index (χ4n) is 2.31. The van der Waals surface area contributed by atoms with Crippen molar-refractivity contribution in [1.82, 2.24) is 4.98 Å². The molecule has 0 fully saturated rings. The van der Waals surface area contributed by atoms with E-state index in [1.165, 1.54) is 0 Å². The lowest BCUT2D eigenvalue weighted by Crippen LogP contribution is -2.32. The zero-order chi connectivity index (χ0) is 15.6. The fraction of sp³-hybridized carbons (Fsp3) is 0.333. The molecular weight excluding hydrogens is 308 g/mol. The number of carbonyl (C=O) groups is 1. The number of hydrogen-bond acceptors (Lipinski definition) is 4. The van der Waals surface area contributed by atoms with Gasteiger partial charge in [-0.2, -0.15) is 0 Å². The molecule has 0 aliphatic rings. The Bertz CT molecular complexity index is 640. The topological polar surface area (TPSA) is 53.4 Å². The third-order valence-electron chi connectivity index (χ3n) is 3.27.